The van der Waals surface area contributed by atoms with E-state index in [-0.39, 0.29) is 17.7 Å². The third-order valence-electron chi connectivity index (χ3n) is 6.28. The number of hydrogen-bond donors (Lipinski definition) is 1. The summed E-state index contributed by atoms with van der Waals surface area (Å²) in [4.78, 5) is 18.3. The highest BCUT2D eigenvalue weighted by molar-refractivity contribution is 6.01. The lowest BCUT2D eigenvalue weighted by molar-refractivity contribution is -0.116. The van der Waals surface area contributed by atoms with Gasteiger partial charge in [0.25, 0.3) is 0 Å². The molecule has 0 unspecified atom stereocenters. The van der Waals surface area contributed by atoms with E-state index in [4.69, 9.17) is 14.1 Å². The van der Waals surface area contributed by atoms with Crippen molar-refractivity contribution in [1.29, 1.82) is 0 Å². The summed E-state index contributed by atoms with van der Waals surface area (Å²) in [5.74, 6) is 2.56. The molecule has 2 aromatic heterocycles. The Balaban J connectivity index is 1.54. The molecule has 0 fully saturated rings. The normalized spacial score (nSPS) is 20.4. The van der Waals surface area contributed by atoms with Crippen LogP contribution in [0, 0.1) is 0 Å². The summed E-state index contributed by atoms with van der Waals surface area (Å²) in [7, 11) is 1.65. The van der Waals surface area contributed by atoms with Crippen LogP contribution in [-0.4, -0.2) is 22.4 Å². The Bertz CT molecular complexity index is 1320. The maximum Gasteiger partial charge on any atom is 0.209 e. The first-order chi connectivity index (χ1) is 15.2. The molecular weight excluding hydrogens is 390 g/mol. The van der Waals surface area contributed by atoms with Crippen LogP contribution in [0.5, 0.6) is 5.75 Å². The smallest absolute Gasteiger partial charge is 0.209 e. The number of furan rings is 1. The Kier molecular flexibility index (Phi) is 3.99. The van der Waals surface area contributed by atoms with Gasteiger partial charge in [0, 0.05) is 23.6 Å². The van der Waals surface area contributed by atoms with Gasteiger partial charge in [-0.3, -0.25) is 9.36 Å². The van der Waals surface area contributed by atoms with E-state index in [1.54, 1.807) is 13.4 Å². The first-order valence-electron chi connectivity index (χ1n) is 10.4. The second-order valence-corrected chi connectivity index (χ2v) is 8.03. The highest BCUT2D eigenvalue weighted by Crippen LogP contribution is 2.46. The topological polar surface area (TPSA) is 69.3 Å². The van der Waals surface area contributed by atoms with Gasteiger partial charge in [-0.2, -0.15) is 0 Å². The van der Waals surface area contributed by atoms with E-state index >= 15 is 0 Å². The highest BCUT2D eigenvalue weighted by Gasteiger charge is 2.40. The van der Waals surface area contributed by atoms with E-state index in [1.165, 1.54) is 0 Å². The molecule has 154 valence electrons. The van der Waals surface area contributed by atoms with Crippen molar-refractivity contribution in [3.8, 4) is 5.75 Å². The number of Topliss-reactive ketones (excluding diaryl/α,β-unsaturated/α-hetero) is 1. The molecule has 2 aromatic carbocycles. The molecule has 0 radical (unpaired) electrons. The summed E-state index contributed by atoms with van der Waals surface area (Å²) in [6.07, 6.45) is 2.81. The van der Waals surface area contributed by atoms with E-state index in [2.05, 4.69) is 16.0 Å². The summed E-state index contributed by atoms with van der Waals surface area (Å²) in [5, 5.41) is 3.48. The number of aromatic nitrogens is 2. The second-order valence-electron chi connectivity index (χ2n) is 8.03. The minimum atomic E-state index is -0.241. The Hall–Kier alpha value is -3.80. The number of para-hydroxylation sites is 2. The van der Waals surface area contributed by atoms with Crippen molar-refractivity contribution in [2.75, 3.05) is 12.4 Å². The van der Waals surface area contributed by atoms with Crippen LogP contribution in [0.3, 0.4) is 0 Å². The number of ketones is 1. The third kappa shape index (κ3) is 2.79. The molecule has 2 atom stereocenters. The van der Waals surface area contributed by atoms with Crippen molar-refractivity contribution in [3.63, 3.8) is 0 Å². The Morgan fingerprint density at radius 2 is 1.90 bits per heavy atom. The lowest BCUT2D eigenvalue weighted by Crippen LogP contribution is -2.33. The zero-order valence-corrected chi connectivity index (χ0v) is 17.0. The van der Waals surface area contributed by atoms with Crippen molar-refractivity contribution in [3.05, 3.63) is 89.5 Å². The van der Waals surface area contributed by atoms with Gasteiger partial charge in [-0.25, -0.2) is 4.98 Å². The first kappa shape index (κ1) is 18.0. The van der Waals surface area contributed by atoms with Crippen molar-refractivity contribution >= 4 is 22.8 Å². The fourth-order valence-corrected chi connectivity index (χ4v) is 4.85. The lowest BCUT2D eigenvalue weighted by Gasteiger charge is -2.36. The molecule has 0 saturated heterocycles. The van der Waals surface area contributed by atoms with Gasteiger partial charge in [0.05, 0.1) is 30.4 Å². The van der Waals surface area contributed by atoms with Gasteiger partial charge in [-0.1, -0.05) is 24.3 Å². The van der Waals surface area contributed by atoms with E-state index in [9.17, 15) is 4.79 Å². The number of benzene rings is 2. The molecule has 0 saturated carbocycles. The fraction of sp³-hybridized carbons (Fsp3) is 0.200. The van der Waals surface area contributed by atoms with Gasteiger partial charge in [0.2, 0.25) is 5.95 Å². The molecule has 1 aliphatic heterocycles. The van der Waals surface area contributed by atoms with Gasteiger partial charge in [0.15, 0.2) is 5.78 Å². The van der Waals surface area contributed by atoms with Gasteiger partial charge in [0.1, 0.15) is 11.5 Å². The van der Waals surface area contributed by atoms with Crippen LogP contribution in [-0.2, 0) is 4.79 Å². The number of methoxy groups -OCH3 is 1. The van der Waals surface area contributed by atoms with E-state index in [0.29, 0.717) is 12.8 Å². The van der Waals surface area contributed by atoms with Crippen LogP contribution < -0.4 is 10.1 Å². The first-order valence-corrected chi connectivity index (χ1v) is 10.4. The number of anilines is 1. The highest BCUT2D eigenvalue weighted by atomic mass is 16.5. The zero-order chi connectivity index (χ0) is 20.9. The molecular formula is C25H21N3O3. The molecule has 1 aliphatic carbocycles. The second kappa shape index (κ2) is 6.87. The number of hydrogen-bond acceptors (Lipinski definition) is 5. The number of allylic oxidation sites excluding steroid dienone is 2. The molecule has 6 rings (SSSR count). The number of imidazole rings is 1. The summed E-state index contributed by atoms with van der Waals surface area (Å²) in [5.41, 5.74) is 4.67. The summed E-state index contributed by atoms with van der Waals surface area (Å²) in [6, 6.07) is 19.6. The molecule has 1 N–H and O–H groups in total. The zero-order valence-electron chi connectivity index (χ0n) is 17.0. The number of nitrogens with one attached hydrogen (secondary N) is 1. The predicted octanol–water partition coefficient (Wildman–Crippen LogP) is 5.05. The quantitative estimate of drug-likeness (QED) is 0.511. The van der Waals surface area contributed by atoms with Crippen LogP contribution in [0.2, 0.25) is 0 Å². The average Bonchev–Trinajstić information content (AvgIpc) is 3.46. The van der Waals surface area contributed by atoms with Gasteiger partial charge in [-0.15, -0.1) is 0 Å². The van der Waals surface area contributed by atoms with Crippen molar-refractivity contribution < 1.29 is 13.9 Å². The minimum Gasteiger partial charge on any atom is -0.497 e. The van der Waals surface area contributed by atoms with Gasteiger partial charge >= 0.3 is 0 Å². The standard InChI is InChI=1S/C25H21N3O3/c1-30-17-10-8-15(9-11-17)24-23-19(13-16(14-21(23)29)22-7-4-12-31-22)27-25-26-18-5-2-3-6-20(18)28(24)25/h2-12,16,24H,13-14H2,1H3,(H,26,27)/t16-,24-/m0/s1. The number of rotatable bonds is 3. The van der Waals surface area contributed by atoms with Crippen molar-refractivity contribution in [1.82, 2.24) is 9.55 Å². The average molecular weight is 411 g/mol. The van der Waals surface area contributed by atoms with E-state index in [1.807, 2.05) is 54.6 Å². The molecule has 4 aromatic rings. The number of fused-ring (bicyclic) bond motifs is 3. The molecule has 6 nitrogen and oxygen atoms in total. The van der Waals surface area contributed by atoms with Crippen molar-refractivity contribution in [2.24, 2.45) is 0 Å². The molecule has 0 bridgehead atoms. The molecule has 2 aliphatic rings. The third-order valence-corrected chi connectivity index (χ3v) is 6.28. The Morgan fingerprint density at radius 3 is 2.68 bits per heavy atom. The number of carbonyl (C=O) groups excluding carboxylic acids is 1. The van der Waals surface area contributed by atoms with Crippen LogP contribution in [0.15, 0.2) is 82.6 Å². The summed E-state index contributed by atoms with van der Waals surface area (Å²) < 4.78 is 13.1. The largest absolute Gasteiger partial charge is 0.497 e. The minimum absolute atomic E-state index is 0.0289. The monoisotopic (exact) mass is 411 g/mol. The summed E-state index contributed by atoms with van der Waals surface area (Å²) in [6.45, 7) is 0. The number of ether oxygens (including phenoxy) is 1. The molecule has 0 spiro atoms. The maximum atomic E-state index is 13.5. The van der Waals surface area contributed by atoms with Crippen molar-refractivity contribution in [2.45, 2.75) is 24.8 Å². The summed E-state index contributed by atoms with van der Waals surface area (Å²) >= 11 is 0. The van der Waals surface area contributed by atoms with Gasteiger partial charge < -0.3 is 14.5 Å². The predicted molar refractivity (Wildman–Crippen MR) is 117 cm³/mol. The van der Waals surface area contributed by atoms with Crippen LogP contribution in [0.1, 0.15) is 36.1 Å². The Morgan fingerprint density at radius 1 is 1.06 bits per heavy atom. The Labute approximate surface area is 179 Å². The maximum absolute atomic E-state index is 13.5. The van der Waals surface area contributed by atoms with Crippen LogP contribution in [0.25, 0.3) is 11.0 Å². The molecule has 0 amide bonds. The molecule has 31 heavy (non-hydrogen) atoms. The van der Waals surface area contributed by atoms with Crippen LogP contribution in [0.4, 0.5) is 5.95 Å². The molecule has 6 heteroatoms. The number of carbonyl (C=O) groups is 1. The molecule has 3 heterocycles. The SMILES string of the molecule is COc1ccc([C@H]2C3=C(C[C@H](c4ccco4)CC3=O)Nc3nc4ccccc4n32)cc1. The van der Waals surface area contributed by atoms with E-state index in [0.717, 1.165) is 45.3 Å². The fourth-order valence-electron chi connectivity index (χ4n) is 4.85. The van der Waals surface area contributed by atoms with E-state index < -0.39 is 0 Å². The lowest BCUT2D eigenvalue weighted by atomic mass is 9.79. The van der Waals surface area contributed by atoms with Gasteiger partial charge in [-0.05, 0) is 48.4 Å². The van der Waals surface area contributed by atoms with Crippen LogP contribution >= 0.6 is 0 Å². The number of nitrogens with zero attached hydrogens (tertiary/aromatic N) is 2.